The standard InChI is InChI=1S/C19H21N3O3/c1-21-11-15-13(18(21)23)7-5-9-22(15)19(24)17-12-6-3-4-8-14(12)20-10-16(17)25-2/h3-4,6,8,10,13,15H,5,7,9,11H2,1-2H3/t13-,15-/m1/s1. The number of piperidine rings is 1. The molecule has 1 aromatic heterocycles. The summed E-state index contributed by atoms with van der Waals surface area (Å²) in [7, 11) is 3.36. The molecule has 6 heteroatoms. The van der Waals surface area contributed by atoms with Crippen LogP contribution in [0.25, 0.3) is 10.9 Å². The number of benzene rings is 1. The van der Waals surface area contributed by atoms with Crippen molar-refractivity contribution >= 4 is 22.7 Å². The predicted molar refractivity (Wildman–Crippen MR) is 93.5 cm³/mol. The largest absolute Gasteiger partial charge is 0.494 e. The Labute approximate surface area is 146 Å². The summed E-state index contributed by atoms with van der Waals surface area (Å²) in [5.41, 5.74) is 1.30. The fraction of sp³-hybridized carbons (Fsp3) is 0.421. The van der Waals surface area contributed by atoms with Gasteiger partial charge in [-0.2, -0.15) is 0 Å². The van der Waals surface area contributed by atoms with Gasteiger partial charge in [0.2, 0.25) is 5.91 Å². The number of likely N-dealkylation sites (tertiary alicyclic amines) is 2. The number of nitrogens with zero attached hydrogens (tertiary/aromatic N) is 3. The summed E-state index contributed by atoms with van der Waals surface area (Å²) in [6.45, 7) is 1.27. The van der Waals surface area contributed by atoms with Crippen LogP contribution in [0.2, 0.25) is 0 Å². The molecule has 130 valence electrons. The lowest BCUT2D eigenvalue weighted by Crippen LogP contribution is -2.48. The van der Waals surface area contributed by atoms with Crippen molar-refractivity contribution in [3.8, 4) is 5.75 Å². The number of amides is 2. The summed E-state index contributed by atoms with van der Waals surface area (Å²) in [6.07, 6.45) is 3.30. The van der Waals surface area contributed by atoms with E-state index in [4.69, 9.17) is 4.74 Å². The van der Waals surface area contributed by atoms with Crippen molar-refractivity contribution in [2.45, 2.75) is 18.9 Å². The number of rotatable bonds is 2. The third-order valence-electron chi connectivity index (χ3n) is 5.37. The van der Waals surface area contributed by atoms with Gasteiger partial charge in [0.15, 0.2) is 5.75 Å². The highest BCUT2D eigenvalue weighted by Crippen LogP contribution is 2.34. The first kappa shape index (κ1) is 15.9. The van der Waals surface area contributed by atoms with Crippen LogP contribution in [0.5, 0.6) is 5.75 Å². The van der Waals surface area contributed by atoms with Crippen molar-refractivity contribution in [1.82, 2.24) is 14.8 Å². The lowest BCUT2D eigenvalue weighted by atomic mass is 9.90. The maximum atomic E-state index is 13.4. The molecule has 0 N–H and O–H groups in total. The van der Waals surface area contributed by atoms with E-state index in [1.54, 1.807) is 18.2 Å². The zero-order valence-electron chi connectivity index (χ0n) is 14.4. The van der Waals surface area contributed by atoms with Crippen LogP contribution in [-0.2, 0) is 4.79 Å². The Morgan fingerprint density at radius 2 is 2.12 bits per heavy atom. The number of para-hydroxylation sites is 1. The number of hydrogen-bond donors (Lipinski definition) is 0. The number of carbonyl (C=O) groups excluding carboxylic acids is 2. The number of aromatic nitrogens is 1. The molecule has 2 aromatic rings. The highest BCUT2D eigenvalue weighted by atomic mass is 16.5. The van der Waals surface area contributed by atoms with Gasteiger partial charge in [-0.25, -0.2) is 0 Å². The molecule has 0 radical (unpaired) electrons. The van der Waals surface area contributed by atoms with Gasteiger partial charge in [-0.3, -0.25) is 14.6 Å². The smallest absolute Gasteiger partial charge is 0.258 e. The van der Waals surface area contributed by atoms with E-state index in [0.29, 0.717) is 24.4 Å². The molecule has 0 spiro atoms. The molecule has 6 nitrogen and oxygen atoms in total. The Kier molecular flexibility index (Phi) is 3.82. The number of likely N-dealkylation sites (N-methyl/N-ethyl adjacent to an activating group) is 1. The van der Waals surface area contributed by atoms with Crippen LogP contribution in [0.3, 0.4) is 0 Å². The first-order valence-corrected chi connectivity index (χ1v) is 8.59. The molecule has 2 aliphatic rings. The Balaban J connectivity index is 1.78. The van der Waals surface area contributed by atoms with E-state index in [1.165, 1.54) is 0 Å². The molecule has 0 bridgehead atoms. The van der Waals surface area contributed by atoms with Crippen LogP contribution in [0.4, 0.5) is 0 Å². The molecule has 25 heavy (non-hydrogen) atoms. The Morgan fingerprint density at radius 1 is 1.32 bits per heavy atom. The monoisotopic (exact) mass is 339 g/mol. The summed E-state index contributed by atoms with van der Waals surface area (Å²) in [4.78, 5) is 33.7. The van der Waals surface area contributed by atoms with Gasteiger partial charge >= 0.3 is 0 Å². The van der Waals surface area contributed by atoms with E-state index in [-0.39, 0.29) is 23.8 Å². The molecule has 0 aliphatic carbocycles. The fourth-order valence-corrected chi connectivity index (χ4v) is 4.12. The minimum atomic E-state index is -0.0817. The molecule has 2 fully saturated rings. The Hall–Kier alpha value is -2.63. The summed E-state index contributed by atoms with van der Waals surface area (Å²) < 4.78 is 5.43. The summed E-state index contributed by atoms with van der Waals surface area (Å²) in [6, 6.07) is 7.52. The summed E-state index contributed by atoms with van der Waals surface area (Å²) >= 11 is 0. The van der Waals surface area contributed by atoms with Gasteiger partial charge in [0.25, 0.3) is 5.91 Å². The van der Waals surface area contributed by atoms with E-state index in [9.17, 15) is 9.59 Å². The van der Waals surface area contributed by atoms with Crippen molar-refractivity contribution in [2.24, 2.45) is 5.92 Å². The molecule has 2 amide bonds. The average molecular weight is 339 g/mol. The lowest BCUT2D eigenvalue weighted by Gasteiger charge is -2.36. The summed E-state index contributed by atoms with van der Waals surface area (Å²) in [5.74, 6) is 0.465. The fourth-order valence-electron chi connectivity index (χ4n) is 4.12. The molecule has 4 rings (SSSR count). The number of methoxy groups -OCH3 is 1. The molecule has 0 unspecified atom stereocenters. The lowest BCUT2D eigenvalue weighted by molar-refractivity contribution is -0.130. The van der Waals surface area contributed by atoms with Crippen molar-refractivity contribution in [3.63, 3.8) is 0 Å². The second-order valence-electron chi connectivity index (χ2n) is 6.75. The van der Waals surface area contributed by atoms with Crippen molar-refractivity contribution in [1.29, 1.82) is 0 Å². The zero-order chi connectivity index (χ0) is 17.6. The molecule has 2 saturated heterocycles. The second kappa shape index (κ2) is 6.02. The normalized spacial score (nSPS) is 23.0. The number of fused-ring (bicyclic) bond motifs is 2. The number of hydrogen-bond acceptors (Lipinski definition) is 4. The van der Waals surface area contributed by atoms with Crippen molar-refractivity contribution in [3.05, 3.63) is 36.0 Å². The maximum absolute atomic E-state index is 13.4. The first-order valence-electron chi connectivity index (χ1n) is 8.59. The van der Waals surface area contributed by atoms with E-state index in [0.717, 1.165) is 23.7 Å². The van der Waals surface area contributed by atoms with Crippen LogP contribution >= 0.6 is 0 Å². The molecule has 2 aliphatic heterocycles. The van der Waals surface area contributed by atoms with Crippen molar-refractivity contribution in [2.75, 3.05) is 27.2 Å². The molecule has 1 aromatic carbocycles. The third kappa shape index (κ3) is 2.44. The van der Waals surface area contributed by atoms with Crippen LogP contribution in [-0.4, -0.2) is 59.9 Å². The van der Waals surface area contributed by atoms with Gasteiger partial charge in [0.05, 0.1) is 36.3 Å². The maximum Gasteiger partial charge on any atom is 0.258 e. The highest BCUT2D eigenvalue weighted by molar-refractivity contribution is 6.08. The van der Waals surface area contributed by atoms with Gasteiger partial charge in [-0.1, -0.05) is 18.2 Å². The highest BCUT2D eigenvalue weighted by Gasteiger charge is 2.45. The third-order valence-corrected chi connectivity index (χ3v) is 5.37. The molecule has 3 heterocycles. The molecular formula is C19H21N3O3. The van der Waals surface area contributed by atoms with E-state index >= 15 is 0 Å². The minimum Gasteiger partial charge on any atom is -0.494 e. The Morgan fingerprint density at radius 3 is 2.92 bits per heavy atom. The number of ether oxygens (including phenoxy) is 1. The first-order chi connectivity index (χ1) is 12.1. The predicted octanol–water partition coefficient (Wildman–Crippen LogP) is 1.94. The summed E-state index contributed by atoms with van der Waals surface area (Å²) in [5, 5.41) is 0.784. The number of carbonyl (C=O) groups is 2. The molecule has 2 atom stereocenters. The van der Waals surface area contributed by atoms with Gasteiger partial charge < -0.3 is 14.5 Å². The zero-order valence-corrected chi connectivity index (χ0v) is 14.4. The van der Waals surface area contributed by atoms with Crippen LogP contribution in [0.1, 0.15) is 23.2 Å². The van der Waals surface area contributed by atoms with E-state index in [1.807, 2.05) is 36.2 Å². The quantitative estimate of drug-likeness (QED) is 0.839. The average Bonchev–Trinajstić information content (AvgIpc) is 2.94. The van der Waals surface area contributed by atoms with Gasteiger partial charge in [-0.15, -0.1) is 0 Å². The second-order valence-corrected chi connectivity index (χ2v) is 6.75. The van der Waals surface area contributed by atoms with Gasteiger partial charge in [-0.05, 0) is 18.9 Å². The van der Waals surface area contributed by atoms with E-state index in [2.05, 4.69) is 4.98 Å². The topological polar surface area (TPSA) is 62.7 Å². The molecular weight excluding hydrogens is 318 g/mol. The van der Waals surface area contributed by atoms with Crippen LogP contribution < -0.4 is 4.74 Å². The number of pyridine rings is 1. The van der Waals surface area contributed by atoms with Crippen LogP contribution in [0, 0.1) is 5.92 Å². The van der Waals surface area contributed by atoms with Gasteiger partial charge in [0.1, 0.15) is 0 Å². The van der Waals surface area contributed by atoms with Crippen LogP contribution in [0.15, 0.2) is 30.5 Å². The van der Waals surface area contributed by atoms with E-state index < -0.39 is 0 Å². The van der Waals surface area contributed by atoms with Crippen molar-refractivity contribution < 1.29 is 14.3 Å². The SMILES string of the molecule is COc1cnc2ccccc2c1C(=O)N1CCC[C@H]2C(=O)N(C)C[C@H]21. The Bertz CT molecular complexity index is 851. The van der Waals surface area contributed by atoms with Gasteiger partial charge in [0, 0.05) is 25.5 Å². The molecule has 0 saturated carbocycles. The minimum absolute atomic E-state index is 0.0598.